The predicted molar refractivity (Wildman–Crippen MR) is 83.0 cm³/mol. The monoisotopic (exact) mass is 382 g/mol. The lowest BCUT2D eigenvalue weighted by Gasteiger charge is -2.14. The van der Waals surface area contributed by atoms with E-state index >= 15 is 0 Å². The number of nitrogens with zero attached hydrogens (tertiary/aromatic N) is 2. The van der Waals surface area contributed by atoms with Crippen molar-refractivity contribution in [2.24, 2.45) is 0 Å². The van der Waals surface area contributed by atoms with Crippen LogP contribution in [-0.4, -0.2) is 20.6 Å². The molecule has 27 heavy (non-hydrogen) atoms. The van der Waals surface area contributed by atoms with Crippen LogP contribution in [0.1, 0.15) is 10.4 Å². The molecule has 1 N–H and O–H groups in total. The predicted octanol–water partition coefficient (Wildman–Crippen LogP) is 3.15. The highest BCUT2D eigenvalue weighted by Gasteiger charge is 2.23. The Morgan fingerprint density at radius 1 is 1.00 bits per heavy atom. The van der Waals surface area contributed by atoms with Crippen molar-refractivity contribution in [2.75, 3.05) is 0 Å². The molecule has 7 nitrogen and oxygen atoms in total. The zero-order valence-electron chi connectivity index (χ0n) is 12.9. The first-order valence-corrected chi connectivity index (χ1v) is 7.03. The number of nitro benzene ring substituents is 1. The lowest BCUT2D eigenvalue weighted by atomic mass is 10.1. The molecule has 138 valence electrons. The van der Waals surface area contributed by atoms with Gasteiger partial charge in [-0.3, -0.25) is 14.9 Å². The second-order valence-corrected chi connectivity index (χ2v) is 5.34. The number of carbonyl (C=O) groups is 1. The number of carboxylic acids is 1. The largest absolute Gasteiger partial charge is 0.477 e. The Bertz CT molecular complexity index is 1210. The Morgan fingerprint density at radius 2 is 1.63 bits per heavy atom. The summed E-state index contributed by atoms with van der Waals surface area (Å²) < 4.78 is 55.6. The van der Waals surface area contributed by atoms with Crippen LogP contribution in [0.15, 0.2) is 35.3 Å². The van der Waals surface area contributed by atoms with Crippen LogP contribution in [0.2, 0.25) is 0 Å². The normalized spacial score (nSPS) is 11.0. The molecule has 3 rings (SSSR count). The fraction of sp³-hybridized carbons (Fsp3) is 0. The molecule has 0 fully saturated rings. The first kappa shape index (κ1) is 18.0. The van der Waals surface area contributed by atoms with Gasteiger partial charge in [0.25, 0.3) is 0 Å². The molecule has 0 aliphatic rings. The van der Waals surface area contributed by atoms with E-state index in [-0.39, 0.29) is 6.07 Å². The van der Waals surface area contributed by atoms with Gasteiger partial charge < -0.3 is 9.67 Å². The molecule has 0 unspecified atom stereocenters. The maximum Gasteiger partial charge on any atom is 0.341 e. The standard InChI is InChI=1S/C16H6F4N2O5/c17-8-1-6-12(3-9(8)18)21(5-7(15(6)23)16(24)25)13-4-14(22(26)27)11(20)2-10(13)19/h1-5H,(H,24,25). The Labute approximate surface area is 145 Å². The van der Waals surface area contributed by atoms with Crippen molar-refractivity contribution in [1.29, 1.82) is 0 Å². The average molecular weight is 382 g/mol. The SMILES string of the molecule is O=C(O)c1cn(-c2cc([N+](=O)[O-])c(F)cc2F)c2cc(F)c(F)cc2c1=O. The number of carboxylic acid groups (broad SMARTS) is 1. The van der Waals surface area contributed by atoms with E-state index in [0.717, 1.165) is 0 Å². The molecule has 1 heterocycles. The van der Waals surface area contributed by atoms with E-state index in [9.17, 15) is 37.3 Å². The number of benzene rings is 2. The Kier molecular flexibility index (Phi) is 4.14. The number of rotatable bonds is 3. The highest BCUT2D eigenvalue weighted by molar-refractivity contribution is 5.93. The quantitative estimate of drug-likeness (QED) is 0.426. The minimum absolute atomic E-state index is 0.178. The summed E-state index contributed by atoms with van der Waals surface area (Å²) in [7, 11) is 0. The number of fused-ring (bicyclic) bond motifs is 1. The van der Waals surface area contributed by atoms with E-state index in [1.165, 1.54) is 0 Å². The van der Waals surface area contributed by atoms with Gasteiger partial charge in [-0.1, -0.05) is 0 Å². The molecule has 0 saturated carbocycles. The fourth-order valence-electron chi connectivity index (χ4n) is 2.52. The van der Waals surface area contributed by atoms with E-state index in [2.05, 4.69) is 0 Å². The van der Waals surface area contributed by atoms with E-state index in [1.807, 2.05) is 0 Å². The van der Waals surface area contributed by atoms with Gasteiger partial charge >= 0.3 is 11.7 Å². The van der Waals surface area contributed by atoms with Gasteiger partial charge in [-0.25, -0.2) is 18.0 Å². The molecule has 3 aromatic rings. The van der Waals surface area contributed by atoms with E-state index < -0.39 is 67.4 Å². The van der Waals surface area contributed by atoms with Crippen LogP contribution in [-0.2, 0) is 0 Å². The summed E-state index contributed by atoms with van der Waals surface area (Å²) in [6, 6.07) is 1.54. The number of nitro groups is 1. The Hall–Kier alpha value is -3.76. The molecule has 2 aromatic carbocycles. The molecule has 0 atom stereocenters. The van der Waals surface area contributed by atoms with Crippen LogP contribution in [0, 0.1) is 33.4 Å². The third-order valence-electron chi connectivity index (χ3n) is 3.75. The number of halogens is 4. The molecule has 0 aliphatic heterocycles. The number of hydrogen-bond acceptors (Lipinski definition) is 4. The molecule has 0 radical (unpaired) electrons. The Balaban J connectivity index is 2.52. The number of aromatic nitrogens is 1. The van der Waals surface area contributed by atoms with E-state index in [4.69, 9.17) is 5.11 Å². The second-order valence-electron chi connectivity index (χ2n) is 5.34. The first-order chi connectivity index (χ1) is 12.6. The molecule has 0 bridgehead atoms. The van der Waals surface area contributed by atoms with Crippen molar-refractivity contribution in [3.63, 3.8) is 0 Å². The second kappa shape index (κ2) is 6.20. The van der Waals surface area contributed by atoms with Crippen LogP contribution in [0.25, 0.3) is 16.6 Å². The molecule has 11 heteroatoms. The molecule has 0 aliphatic carbocycles. The zero-order chi connectivity index (χ0) is 20.0. The molecule has 0 saturated heterocycles. The van der Waals surface area contributed by atoms with Crippen LogP contribution >= 0.6 is 0 Å². The average Bonchev–Trinajstić information content (AvgIpc) is 2.57. The minimum atomic E-state index is -1.75. The smallest absolute Gasteiger partial charge is 0.341 e. The number of pyridine rings is 1. The van der Waals surface area contributed by atoms with Crippen LogP contribution < -0.4 is 5.43 Å². The van der Waals surface area contributed by atoms with Crippen molar-refractivity contribution in [1.82, 2.24) is 4.57 Å². The van der Waals surface area contributed by atoms with Gasteiger partial charge in [0, 0.05) is 24.4 Å². The van der Waals surface area contributed by atoms with Crippen molar-refractivity contribution in [3.05, 3.63) is 79.6 Å². The zero-order valence-corrected chi connectivity index (χ0v) is 12.9. The molecule has 0 spiro atoms. The van der Waals surface area contributed by atoms with Crippen molar-refractivity contribution in [3.8, 4) is 5.69 Å². The van der Waals surface area contributed by atoms with Gasteiger partial charge in [-0.2, -0.15) is 4.39 Å². The van der Waals surface area contributed by atoms with Gasteiger partial charge in [-0.15, -0.1) is 0 Å². The number of hydrogen-bond donors (Lipinski definition) is 1. The van der Waals surface area contributed by atoms with Crippen molar-refractivity contribution >= 4 is 22.6 Å². The van der Waals surface area contributed by atoms with Crippen LogP contribution in [0.3, 0.4) is 0 Å². The summed E-state index contributed by atoms with van der Waals surface area (Å²) in [6.07, 6.45) is 0.588. The fourth-order valence-corrected chi connectivity index (χ4v) is 2.52. The third kappa shape index (κ3) is 2.88. The highest BCUT2D eigenvalue weighted by Crippen LogP contribution is 2.27. The van der Waals surface area contributed by atoms with Gasteiger partial charge in [0.2, 0.25) is 11.2 Å². The van der Waals surface area contributed by atoms with E-state index in [1.54, 1.807) is 0 Å². The molecule has 1 aromatic heterocycles. The maximum absolute atomic E-state index is 14.2. The maximum atomic E-state index is 14.2. The minimum Gasteiger partial charge on any atom is -0.477 e. The van der Waals surface area contributed by atoms with Crippen molar-refractivity contribution < 1.29 is 32.4 Å². The van der Waals surface area contributed by atoms with Crippen molar-refractivity contribution in [2.45, 2.75) is 0 Å². The summed E-state index contributed by atoms with van der Waals surface area (Å²) in [5.74, 6) is -7.50. The first-order valence-electron chi connectivity index (χ1n) is 7.03. The lowest BCUT2D eigenvalue weighted by Crippen LogP contribution is -2.19. The number of aromatic carboxylic acids is 1. The summed E-state index contributed by atoms with van der Waals surface area (Å²) in [5.41, 5.74) is -4.45. The topological polar surface area (TPSA) is 102 Å². The van der Waals surface area contributed by atoms with Crippen LogP contribution in [0.4, 0.5) is 23.2 Å². The van der Waals surface area contributed by atoms with Gasteiger partial charge in [0.15, 0.2) is 17.5 Å². The van der Waals surface area contributed by atoms with Gasteiger partial charge in [0.1, 0.15) is 5.56 Å². The summed E-state index contributed by atoms with van der Waals surface area (Å²) in [5, 5.41) is 19.4. The summed E-state index contributed by atoms with van der Waals surface area (Å²) in [6.45, 7) is 0. The van der Waals surface area contributed by atoms with Gasteiger partial charge in [-0.05, 0) is 6.07 Å². The third-order valence-corrected chi connectivity index (χ3v) is 3.75. The Morgan fingerprint density at radius 3 is 2.22 bits per heavy atom. The molecular formula is C16H6F4N2O5. The van der Waals surface area contributed by atoms with Gasteiger partial charge in [0.05, 0.1) is 21.5 Å². The summed E-state index contributed by atoms with van der Waals surface area (Å²) >= 11 is 0. The summed E-state index contributed by atoms with van der Waals surface area (Å²) in [4.78, 5) is 33.2. The molecule has 0 amide bonds. The van der Waals surface area contributed by atoms with Crippen LogP contribution in [0.5, 0.6) is 0 Å². The molecular weight excluding hydrogens is 376 g/mol. The van der Waals surface area contributed by atoms with E-state index in [0.29, 0.717) is 29.0 Å². The highest BCUT2D eigenvalue weighted by atomic mass is 19.2. The lowest BCUT2D eigenvalue weighted by molar-refractivity contribution is -0.387.